The average molecular weight is 485 g/mol. The summed E-state index contributed by atoms with van der Waals surface area (Å²) in [5.74, 6) is 0.196. The molecule has 3 aromatic heterocycles. The lowest BCUT2D eigenvalue weighted by molar-refractivity contribution is -0.131. The Morgan fingerprint density at radius 2 is 2.00 bits per heavy atom. The van der Waals surface area contributed by atoms with Crippen molar-refractivity contribution in [3.8, 4) is 22.5 Å². The number of ether oxygens (including phenoxy) is 1. The number of rotatable bonds is 4. The normalized spacial score (nSPS) is 16.5. The molecule has 8 nitrogen and oxygen atoms in total. The van der Waals surface area contributed by atoms with Gasteiger partial charge in [0.05, 0.1) is 23.6 Å². The van der Waals surface area contributed by atoms with Crippen molar-refractivity contribution in [3.05, 3.63) is 53.6 Å². The molecule has 0 N–H and O–H groups in total. The maximum Gasteiger partial charge on any atom is 0.222 e. The van der Waals surface area contributed by atoms with E-state index in [1.807, 2.05) is 37.5 Å². The Labute approximate surface area is 210 Å². The van der Waals surface area contributed by atoms with Crippen molar-refractivity contribution in [1.29, 1.82) is 0 Å². The van der Waals surface area contributed by atoms with E-state index in [4.69, 9.17) is 14.8 Å². The molecule has 0 spiro atoms. The summed E-state index contributed by atoms with van der Waals surface area (Å²) in [7, 11) is 1.92. The number of hydrogen-bond acceptors (Lipinski definition) is 5. The van der Waals surface area contributed by atoms with E-state index in [2.05, 4.69) is 34.9 Å². The number of carbonyl (C=O) groups excluding carboxylic acids is 1. The molecule has 1 saturated heterocycles. The lowest BCUT2D eigenvalue weighted by atomic mass is 9.94. The summed E-state index contributed by atoms with van der Waals surface area (Å²) in [6.45, 7) is 6.96. The number of fused-ring (bicyclic) bond motifs is 2. The van der Waals surface area contributed by atoms with Crippen molar-refractivity contribution in [2.75, 3.05) is 19.8 Å². The maximum absolute atomic E-state index is 12.6. The highest BCUT2D eigenvalue weighted by Crippen LogP contribution is 2.38. The van der Waals surface area contributed by atoms with E-state index in [1.54, 1.807) is 4.68 Å². The number of hydrogen-bond donors (Lipinski definition) is 0. The third kappa shape index (κ3) is 3.89. The molecule has 2 aliphatic heterocycles. The molecule has 0 unspecified atom stereocenters. The van der Waals surface area contributed by atoms with Crippen LogP contribution in [0.5, 0.6) is 0 Å². The summed E-state index contributed by atoms with van der Waals surface area (Å²) in [5.41, 5.74) is 7.60. The number of benzene rings is 1. The van der Waals surface area contributed by atoms with E-state index in [0.29, 0.717) is 19.0 Å². The molecular formula is C28H32N6O2. The fraction of sp³-hybridized carbons (Fsp3) is 0.429. The fourth-order valence-electron chi connectivity index (χ4n) is 5.63. The number of amides is 1. The standard InChI is InChI=1S/C28H32N6O2/c1-4-27(35)33-10-7-26-24(17-33)28(31-34(26)20-8-11-36-12-9-20)21-6-5-18(2)22-13-25(29-15-23(21)22)19-14-30-32(3)16-19/h5-6,13-16,20H,4,7-12,17H2,1-3H3. The van der Waals surface area contributed by atoms with Gasteiger partial charge in [0.1, 0.15) is 0 Å². The molecule has 0 bridgehead atoms. The van der Waals surface area contributed by atoms with Gasteiger partial charge in [-0.05, 0) is 36.8 Å². The SMILES string of the molecule is CCC(=O)N1CCc2c(c(-c3ccc(C)c4cc(-c5cnn(C)c5)ncc34)nn2C2CCOCC2)C1. The fourth-order valence-corrected chi connectivity index (χ4v) is 5.63. The van der Waals surface area contributed by atoms with Crippen molar-refractivity contribution >= 4 is 16.7 Å². The summed E-state index contributed by atoms with van der Waals surface area (Å²) < 4.78 is 9.68. The van der Waals surface area contributed by atoms with E-state index >= 15 is 0 Å². The number of aryl methyl sites for hydroxylation is 2. The van der Waals surface area contributed by atoms with Gasteiger partial charge in [0.25, 0.3) is 0 Å². The Kier molecular flexibility index (Phi) is 5.84. The van der Waals surface area contributed by atoms with Crippen LogP contribution in [0.2, 0.25) is 0 Å². The Morgan fingerprint density at radius 1 is 1.17 bits per heavy atom. The predicted molar refractivity (Wildman–Crippen MR) is 138 cm³/mol. The van der Waals surface area contributed by atoms with Crippen LogP contribution in [0.1, 0.15) is 49.0 Å². The van der Waals surface area contributed by atoms with E-state index in [1.165, 1.54) is 16.8 Å². The Morgan fingerprint density at radius 3 is 2.75 bits per heavy atom. The smallest absolute Gasteiger partial charge is 0.222 e. The van der Waals surface area contributed by atoms with Gasteiger partial charge in [-0.1, -0.05) is 19.1 Å². The van der Waals surface area contributed by atoms with Gasteiger partial charge in [-0.15, -0.1) is 0 Å². The second-order valence-electron chi connectivity index (χ2n) is 9.93. The molecule has 2 aliphatic rings. The quantitative estimate of drug-likeness (QED) is 0.428. The van der Waals surface area contributed by atoms with Crippen LogP contribution < -0.4 is 0 Å². The topological polar surface area (TPSA) is 78.1 Å². The molecule has 0 saturated carbocycles. The summed E-state index contributed by atoms with van der Waals surface area (Å²) in [5, 5.41) is 11.8. The van der Waals surface area contributed by atoms with Gasteiger partial charge in [-0.3, -0.25) is 19.1 Å². The molecule has 5 heterocycles. The highest BCUT2D eigenvalue weighted by molar-refractivity contribution is 5.99. The average Bonchev–Trinajstić information content (AvgIpc) is 3.52. The van der Waals surface area contributed by atoms with Crippen LogP contribution in [-0.4, -0.2) is 55.1 Å². The van der Waals surface area contributed by atoms with Crippen LogP contribution in [0.4, 0.5) is 0 Å². The van der Waals surface area contributed by atoms with Crippen LogP contribution in [0.15, 0.2) is 36.8 Å². The van der Waals surface area contributed by atoms with Crippen LogP contribution >= 0.6 is 0 Å². The van der Waals surface area contributed by atoms with Gasteiger partial charge in [-0.25, -0.2) is 0 Å². The Hall–Kier alpha value is -3.52. The largest absolute Gasteiger partial charge is 0.381 e. The van der Waals surface area contributed by atoms with E-state index in [-0.39, 0.29) is 5.91 Å². The number of pyridine rings is 1. The molecule has 6 rings (SSSR count). The van der Waals surface area contributed by atoms with Crippen molar-refractivity contribution in [2.45, 2.75) is 52.1 Å². The van der Waals surface area contributed by atoms with Crippen molar-refractivity contribution in [3.63, 3.8) is 0 Å². The highest BCUT2D eigenvalue weighted by Gasteiger charge is 2.31. The molecule has 1 aromatic carbocycles. The van der Waals surface area contributed by atoms with Crippen molar-refractivity contribution in [1.82, 2.24) is 29.4 Å². The van der Waals surface area contributed by atoms with Crippen molar-refractivity contribution in [2.24, 2.45) is 7.05 Å². The Balaban J connectivity index is 1.50. The first-order valence-corrected chi connectivity index (χ1v) is 12.9. The number of nitrogens with zero attached hydrogens (tertiary/aromatic N) is 6. The maximum atomic E-state index is 12.6. The third-order valence-electron chi connectivity index (χ3n) is 7.65. The summed E-state index contributed by atoms with van der Waals surface area (Å²) in [4.78, 5) is 19.4. The van der Waals surface area contributed by atoms with Crippen LogP contribution in [0.25, 0.3) is 33.3 Å². The molecule has 4 aromatic rings. The first-order valence-electron chi connectivity index (χ1n) is 12.9. The first-order chi connectivity index (χ1) is 17.5. The predicted octanol–water partition coefficient (Wildman–Crippen LogP) is 4.45. The monoisotopic (exact) mass is 484 g/mol. The van der Waals surface area contributed by atoms with E-state index < -0.39 is 0 Å². The minimum atomic E-state index is 0.196. The summed E-state index contributed by atoms with van der Waals surface area (Å²) in [6.07, 6.45) is 9.09. The van der Waals surface area contributed by atoms with Crippen LogP contribution in [-0.2, 0) is 29.5 Å². The molecule has 8 heteroatoms. The lowest BCUT2D eigenvalue weighted by Gasteiger charge is -2.30. The molecule has 1 fully saturated rings. The van der Waals surface area contributed by atoms with Gasteiger partial charge < -0.3 is 9.64 Å². The van der Waals surface area contributed by atoms with Gasteiger partial charge in [0.2, 0.25) is 5.91 Å². The minimum absolute atomic E-state index is 0.196. The van der Waals surface area contributed by atoms with Crippen LogP contribution in [0.3, 0.4) is 0 Å². The molecule has 0 atom stereocenters. The molecular weight excluding hydrogens is 452 g/mol. The molecule has 0 radical (unpaired) electrons. The van der Waals surface area contributed by atoms with Crippen molar-refractivity contribution < 1.29 is 9.53 Å². The molecule has 1 amide bonds. The number of carbonyl (C=O) groups is 1. The zero-order chi connectivity index (χ0) is 24.8. The van der Waals surface area contributed by atoms with Gasteiger partial charge in [0.15, 0.2) is 0 Å². The third-order valence-corrected chi connectivity index (χ3v) is 7.65. The summed E-state index contributed by atoms with van der Waals surface area (Å²) >= 11 is 0. The second kappa shape index (κ2) is 9.17. The van der Waals surface area contributed by atoms with E-state index in [9.17, 15) is 4.79 Å². The van der Waals surface area contributed by atoms with Crippen LogP contribution in [0, 0.1) is 6.92 Å². The van der Waals surface area contributed by atoms with Gasteiger partial charge in [-0.2, -0.15) is 10.2 Å². The minimum Gasteiger partial charge on any atom is -0.381 e. The Bertz CT molecular complexity index is 1450. The molecule has 0 aliphatic carbocycles. The van der Waals surface area contributed by atoms with Gasteiger partial charge >= 0.3 is 0 Å². The molecule has 186 valence electrons. The summed E-state index contributed by atoms with van der Waals surface area (Å²) in [6, 6.07) is 6.82. The van der Waals surface area contributed by atoms with Gasteiger partial charge in [0, 0.05) is 86.4 Å². The molecule has 36 heavy (non-hydrogen) atoms. The lowest BCUT2D eigenvalue weighted by Crippen LogP contribution is -2.36. The second-order valence-corrected chi connectivity index (χ2v) is 9.93. The first kappa shape index (κ1) is 22.9. The van der Waals surface area contributed by atoms with E-state index in [0.717, 1.165) is 72.3 Å². The zero-order valence-corrected chi connectivity index (χ0v) is 21.2. The number of aromatic nitrogens is 5. The highest BCUT2D eigenvalue weighted by atomic mass is 16.5. The zero-order valence-electron chi connectivity index (χ0n) is 21.2.